The van der Waals surface area contributed by atoms with E-state index in [0.717, 1.165) is 11.3 Å². The van der Waals surface area contributed by atoms with Gasteiger partial charge in [0.2, 0.25) is 5.91 Å². The molecule has 0 saturated heterocycles. The van der Waals surface area contributed by atoms with E-state index in [1.807, 2.05) is 36.5 Å². The first-order chi connectivity index (χ1) is 9.25. The minimum atomic E-state index is -0.0290. The molecule has 0 bridgehead atoms. The Bertz CT molecular complexity index is 605. The number of benzene rings is 1. The number of para-hydroxylation sites is 1. The smallest absolute Gasteiger partial charge is 0.216 e. The van der Waals surface area contributed by atoms with Crippen molar-refractivity contribution in [2.75, 3.05) is 6.54 Å². The molecular formula is C15H15N3O. The summed E-state index contributed by atoms with van der Waals surface area (Å²) in [5.74, 6) is 6.00. The SMILES string of the molecule is CC(=O)NCCC#Cc1cnn(-c2ccccc2)c1. The fourth-order valence-electron chi connectivity index (χ4n) is 1.57. The molecular weight excluding hydrogens is 238 g/mol. The van der Waals surface area contributed by atoms with Gasteiger partial charge in [-0.1, -0.05) is 30.0 Å². The molecule has 0 atom stereocenters. The number of amides is 1. The van der Waals surface area contributed by atoms with Crippen LogP contribution in [0.2, 0.25) is 0 Å². The Labute approximate surface area is 112 Å². The van der Waals surface area contributed by atoms with E-state index >= 15 is 0 Å². The highest BCUT2D eigenvalue weighted by Gasteiger charge is 1.97. The average molecular weight is 253 g/mol. The summed E-state index contributed by atoms with van der Waals surface area (Å²) in [6, 6.07) is 9.88. The molecule has 2 aromatic rings. The Morgan fingerprint density at radius 2 is 2.16 bits per heavy atom. The summed E-state index contributed by atoms with van der Waals surface area (Å²) in [7, 11) is 0. The summed E-state index contributed by atoms with van der Waals surface area (Å²) < 4.78 is 1.79. The summed E-state index contributed by atoms with van der Waals surface area (Å²) in [6.07, 6.45) is 4.26. The van der Waals surface area contributed by atoms with Crippen molar-refractivity contribution in [2.45, 2.75) is 13.3 Å². The van der Waals surface area contributed by atoms with Crippen LogP contribution in [0.5, 0.6) is 0 Å². The van der Waals surface area contributed by atoms with Crippen molar-refractivity contribution >= 4 is 5.91 Å². The molecule has 0 saturated carbocycles. The Morgan fingerprint density at radius 3 is 2.89 bits per heavy atom. The van der Waals surface area contributed by atoms with Crippen molar-refractivity contribution in [3.8, 4) is 17.5 Å². The first kappa shape index (κ1) is 12.9. The molecule has 0 aliphatic carbocycles. The van der Waals surface area contributed by atoms with Gasteiger partial charge in [0.25, 0.3) is 0 Å². The Hall–Kier alpha value is -2.54. The molecule has 1 heterocycles. The highest BCUT2D eigenvalue weighted by Crippen LogP contribution is 2.06. The van der Waals surface area contributed by atoms with Gasteiger partial charge in [0.15, 0.2) is 0 Å². The molecule has 0 aliphatic heterocycles. The molecule has 4 nitrogen and oxygen atoms in total. The Balaban J connectivity index is 1.95. The second-order valence-electron chi connectivity index (χ2n) is 4.04. The molecule has 0 unspecified atom stereocenters. The van der Waals surface area contributed by atoms with Crippen LogP contribution < -0.4 is 5.32 Å². The lowest BCUT2D eigenvalue weighted by Crippen LogP contribution is -2.20. The third-order valence-corrected chi connectivity index (χ3v) is 2.46. The number of nitrogens with zero attached hydrogens (tertiary/aromatic N) is 2. The van der Waals surface area contributed by atoms with Crippen LogP contribution in [-0.2, 0) is 4.79 Å². The number of aromatic nitrogens is 2. The van der Waals surface area contributed by atoms with Crippen molar-refractivity contribution in [3.63, 3.8) is 0 Å². The lowest BCUT2D eigenvalue weighted by atomic mass is 10.3. The first-order valence-corrected chi connectivity index (χ1v) is 6.09. The van der Waals surface area contributed by atoms with Gasteiger partial charge < -0.3 is 5.32 Å². The minimum Gasteiger partial charge on any atom is -0.355 e. The van der Waals surface area contributed by atoms with Crippen molar-refractivity contribution < 1.29 is 4.79 Å². The molecule has 1 amide bonds. The molecule has 0 fully saturated rings. The van der Waals surface area contributed by atoms with Crippen molar-refractivity contribution in [2.24, 2.45) is 0 Å². The molecule has 0 spiro atoms. The van der Waals surface area contributed by atoms with Crippen LogP contribution in [0.25, 0.3) is 5.69 Å². The van der Waals surface area contributed by atoms with E-state index in [9.17, 15) is 4.79 Å². The maximum absolute atomic E-state index is 10.7. The first-order valence-electron chi connectivity index (χ1n) is 6.09. The molecule has 0 aliphatic rings. The highest BCUT2D eigenvalue weighted by molar-refractivity contribution is 5.72. The molecule has 1 aromatic heterocycles. The molecule has 0 radical (unpaired) electrons. The fourth-order valence-corrected chi connectivity index (χ4v) is 1.57. The van der Waals surface area contributed by atoms with Gasteiger partial charge in [-0.05, 0) is 12.1 Å². The standard InChI is InChI=1S/C15H15N3O/c1-13(19)16-10-6-5-7-14-11-17-18(12-14)15-8-3-2-4-9-15/h2-4,8-9,11-12H,6,10H2,1H3,(H,16,19). The maximum atomic E-state index is 10.7. The van der Waals surface area contributed by atoms with E-state index in [-0.39, 0.29) is 5.91 Å². The Morgan fingerprint density at radius 1 is 1.37 bits per heavy atom. The normalized spacial score (nSPS) is 9.53. The Kier molecular flexibility index (Phi) is 4.35. The number of nitrogens with one attached hydrogen (secondary N) is 1. The molecule has 1 N–H and O–H groups in total. The van der Waals surface area contributed by atoms with Crippen LogP contribution in [0.1, 0.15) is 18.9 Å². The van der Waals surface area contributed by atoms with Gasteiger partial charge in [0.1, 0.15) is 0 Å². The highest BCUT2D eigenvalue weighted by atomic mass is 16.1. The van der Waals surface area contributed by atoms with E-state index in [4.69, 9.17) is 0 Å². The van der Waals surface area contributed by atoms with Gasteiger partial charge in [-0.15, -0.1) is 0 Å². The summed E-state index contributed by atoms with van der Waals surface area (Å²) in [4.78, 5) is 10.7. The zero-order valence-electron chi connectivity index (χ0n) is 10.8. The van der Waals surface area contributed by atoms with Gasteiger partial charge in [-0.3, -0.25) is 4.79 Å². The lowest BCUT2D eigenvalue weighted by Gasteiger charge is -1.98. The zero-order chi connectivity index (χ0) is 13.5. The van der Waals surface area contributed by atoms with Gasteiger partial charge in [0.05, 0.1) is 17.4 Å². The molecule has 4 heteroatoms. The van der Waals surface area contributed by atoms with E-state index in [2.05, 4.69) is 22.3 Å². The van der Waals surface area contributed by atoms with Gasteiger partial charge in [-0.25, -0.2) is 4.68 Å². The maximum Gasteiger partial charge on any atom is 0.216 e. The van der Waals surface area contributed by atoms with Crippen LogP contribution in [-0.4, -0.2) is 22.2 Å². The number of rotatable bonds is 3. The van der Waals surface area contributed by atoms with Gasteiger partial charge >= 0.3 is 0 Å². The molecule has 96 valence electrons. The number of hydrogen-bond donors (Lipinski definition) is 1. The quantitative estimate of drug-likeness (QED) is 0.669. The summed E-state index contributed by atoms with van der Waals surface area (Å²) in [6.45, 7) is 2.08. The predicted octanol–water partition coefficient (Wildman–Crippen LogP) is 1.75. The zero-order valence-corrected chi connectivity index (χ0v) is 10.8. The fraction of sp³-hybridized carbons (Fsp3) is 0.200. The van der Waals surface area contributed by atoms with E-state index in [1.165, 1.54) is 6.92 Å². The van der Waals surface area contributed by atoms with Crippen LogP contribution in [0.3, 0.4) is 0 Å². The summed E-state index contributed by atoms with van der Waals surface area (Å²) in [5.41, 5.74) is 1.88. The van der Waals surface area contributed by atoms with Crippen LogP contribution in [0.4, 0.5) is 0 Å². The second kappa shape index (κ2) is 6.41. The number of carbonyl (C=O) groups is 1. The van der Waals surface area contributed by atoms with Crippen LogP contribution in [0.15, 0.2) is 42.7 Å². The topological polar surface area (TPSA) is 46.9 Å². The lowest BCUT2D eigenvalue weighted by molar-refractivity contribution is -0.118. The van der Waals surface area contributed by atoms with Crippen molar-refractivity contribution in [1.82, 2.24) is 15.1 Å². The van der Waals surface area contributed by atoms with Gasteiger partial charge in [0, 0.05) is 26.1 Å². The summed E-state index contributed by atoms with van der Waals surface area (Å²) >= 11 is 0. The third-order valence-electron chi connectivity index (χ3n) is 2.46. The molecule has 19 heavy (non-hydrogen) atoms. The largest absolute Gasteiger partial charge is 0.355 e. The van der Waals surface area contributed by atoms with Crippen molar-refractivity contribution in [3.05, 3.63) is 48.3 Å². The number of carbonyl (C=O) groups excluding carboxylic acids is 1. The van der Waals surface area contributed by atoms with E-state index in [1.54, 1.807) is 10.9 Å². The monoisotopic (exact) mass is 253 g/mol. The van der Waals surface area contributed by atoms with Crippen LogP contribution >= 0.6 is 0 Å². The minimum absolute atomic E-state index is 0.0290. The number of hydrogen-bond acceptors (Lipinski definition) is 2. The molecule has 1 aromatic carbocycles. The van der Waals surface area contributed by atoms with Crippen molar-refractivity contribution in [1.29, 1.82) is 0 Å². The third kappa shape index (κ3) is 4.00. The van der Waals surface area contributed by atoms with Crippen LogP contribution in [0, 0.1) is 11.8 Å². The van der Waals surface area contributed by atoms with E-state index < -0.39 is 0 Å². The average Bonchev–Trinajstić information content (AvgIpc) is 2.88. The van der Waals surface area contributed by atoms with Gasteiger partial charge in [-0.2, -0.15) is 5.10 Å². The predicted molar refractivity (Wildman–Crippen MR) is 73.7 cm³/mol. The summed E-state index contributed by atoms with van der Waals surface area (Å²) in [5, 5.41) is 6.96. The second-order valence-corrected chi connectivity index (χ2v) is 4.04. The van der Waals surface area contributed by atoms with E-state index in [0.29, 0.717) is 13.0 Å². The molecule has 2 rings (SSSR count).